The number of aromatic nitrogens is 2. The van der Waals surface area contributed by atoms with Gasteiger partial charge in [-0.1, -0.05) is 28.1 Å². The highest BCUT2D eigenvalue weighted by Crippen LogP contribution is 2.24. The second-order valence-electron chi connectivity index (χ2n) is 4.49. The van der Waals surface area contributed by atoms with E-state index in [1.165, 1.54) is 4.90 Å². The number of nitrogens with one attached hydrogen (secondary N) is 1. The molecule has 6 heteroatoms. The molecule has 1 atom stereocenters. The number of H-pyrrole nitrogens is 1. The molecular formula is C13H12BrN3O2. The van der Waals surface area contributed by atoms with Gasteiger partial charge in [0.1, 0.15) is 0 Å². The number of amides is 1. The van der Waals surface area contributed by atoms with Crippen molar-refractivity contribution in [2.24, 2.45) is 0 Å². The van der Waals surface area contributed by atoms with E-state index in [2.05, 4.69) is 25.9 Å². The Balaban J connectivity index is 1.87. The highest BCUT2D eigenvalue weighted by Gasteiger charge is 2.30. The molecule has 1 amide bonds. The van der Waals surface area contributed by atoms with Crippen LogP contribution in [-0.4, -0.2) is 33.6 Å². The summed E-state index contributed by atoms with van der Waals surface area (Å²) in [5.74, 6) is 0.378. The number of imidazole rings is 1. The standard InChI is InChI=1S/C13H12BrN3O2/c14-9-3-1-8(2-4-9)11-6-15-13(16-11)17-7-10(18)5-12(17)19/h1-4,6,10,18H,5,7H2,(H,15,16). The minimum absolute atomic E-state index is 0.107. The van der Waals surface area contributed by atoms with Crippen LogP contribution in [0.15, 0.2) is 34.9 Å². The number of benzene rings is 1. The molecule has 1 fully saturated rings. The highest BCUT2D eigenvalue weighted by atomic mass is 79.9. The number of β-amino-alcohol motifs (C(OH)–C–C–N with tert-alkyl or cyclic N) is 1. The smallest absolute Gasteiger partial charge is 0.232 e. The number of aliphatic hydroxyl groups excluding tert-OH is 1. The lowest BCUT2D eigenvalue weighted by molar-refractivity contribution is -0.117. The fraction of sp³-hybridized carbons (Fsp3) is 0.231. The highest BCUT2D eigenvalue weighted by molar-refractivity contribution is 9.10. The number of aromatic amines is 1. The molecule has 1 aromatic heterocycles. The number of rotatable bonds is 2. The Bertz CT molecular complexity index is 609. The zero-order valence-corrected chi connectivity index (χ0v) is 11.6. The number of hydrogen-bond acceptors (Lipinski definition) is 3. The molecule has 5 nitrogen and oxygen atoms in total. The SMILES string of the molecule is O=C1CC(O)CN1c1ncc(-c2ccc(Br)cc2)[nH]1. The minimum atomic E-state index is -0.603. The average Bonchev–Trinajstić information content (AvgIpc) is 2.97. The summed E-state index contributed by atoms with van der Waals surface area (Å²) < 4.78 is 1.01. The number of hydrogen-bond donors (Lipinski definition) is 2. The Morgan fingerprint density at radius 3 is 2.74 bits per heavy atom. The predicted molar refractivity (Wildman–Crippen MR) is 74.7 cm³/mol. The van der Waals surface area contributed by atoms with E-state index in [1.807, 2.05) is 24.3 Å². The van der Waals surface area contributed by atoms with E-state index in [0.29, 0.717) is 12.5 Å². The molecule has 1 aliphatic heterocycles. The van der Waals surface area contributed by atoms with Crippen molar-refractivity contribution < 1.29 is 9.90 Å². The summed E-state index contributed by atoms with van der Waals surface area (Å²) in [5, 5.41) is 9.48. The first-order valence-corrected chi connectivity index (χ1v) is 6.72. The van der Waals surface area contributed by atoms with Gasteiger partial charge in [0.25, 0.3) is 0 Å². The lowest BCUT2D eigenvalue weighted by Crippen LogP contribution is -2.26. The molecule has 0 bridgehead atoms. The lowest BCUT2D eigenvalue weighted by atomic mass is 10.2. The number of carbonyl (C=O) groups is 1. The van der Waals surface area contributed by atoms with Gasteiger partial charge in [0, 0.05) is 4.47 Å². The van der Waals surface area contributed by atoms with Gasteiger partial charge in [0.15, 0.2) is 0 Å². The van der Waals surface area contributed by atoms with Crippen LogP contribution in [0.1, 0.15) is 6.42 Å². The maximum absolute atomic E-state index is 11.7. The van der Waals surface area contributed by atoms with E-state index in [0.717, 1.165) is 15.7 Å². The molecule has 1 unspecified atom stereocenters. The zero-order valence-electron chi connectivity index (χ0n) is 10.0. The third-order valence-corrected chi connectivity index (χ3v) is 3.61. The van der Waals surface area contributed by atoms with Crippen LogP contribution in [0, 0.1) is 0 Å². The fourth-order valence-electron chi connectivity index (χ4n) is 2.12. The molecule has 0 spiro atoms. The topological polar surface area (TPSA) is 69.2 Å². The Labute approximate surface area is 118 Å². The maximum Gasteiger partial charge on any atom is 0.232 e. The molecule has 0 radical (unpaired) electrons. The van der Waals surface area contributed by atoms with Gasteiger partial charge in [-0.15, -0.1) is 0 Å². The van der Waals surface area contributed by atoms with E-state index in [-0.39, 0.29) is 12.3 Å². The second-order valence-corrected chi connectivity index (χ2v) is 5.41. The molecule has 1 aromatic carbocycles. The van der Waals surface area contributed by atoms with Gasteiger partial charge in [-0.2, -0.15) is 0 Å². The zero-order chi connectivity index (χ0) is 13.4. The summed E-state index contributed by atoms with van der Waals surface area (Å²) in [6.45, 7) is 0.298. The Morgan fingerprint density at radius 2 is 2.11 bits per heavy atom. The van der Waals surface area contributed by atoms with Gasteiger partial charge in [0.05, 0.1) is 31.0 Å². The van der Waals surface area contributed by atoms with Crippen LogP contribution in [-0.2, 0) is 4.79 Å². The van der Waals surface area contributed by atoms with Crippen molar-refractivity contribution in [1.82, 2.24) is 9.97 Å². The van der Waals surface area contributed by atoms with Crippen LogP contribution in [0.4, 0.5) is 5.95 Å². The first-order valence-electron chi connectivity index (χ1n) is 5.93. The second kappa shape index (κ2) is 4.79. The molecule has 0 aliphatic carbocycles. The Hall–Kier alpha value is -1.66. The largest absolute Gasteiger partial charge is 0.391 e. The van der Waals surface area contributed by atoms with Gasteiger partial charge in [-0.3, -0.25) is 9.69 Å². The summed E-state index contributed by atoms with van der Waals surface area (Å²) in [6.07, 6.45) is 1.25. The predicted octanol–water partition coefficient (Wildman–Crippen LogP) is 1.94. The van der Waals surface area contributed by atoms with Crippen LogP contribution in [0.2, 0.25) is 0 Å². The molecule has 2 aromatic rings. The van der Waals surface area contributed by atoms with E-state index >= 15 is 0 Å². The van der Waals surface area contributed by atoms with Crippen molar-refractivity contribution in [3.63, 3.8) is 0 Å². The monoisotopic (exact) mass is 321 g/mol. The maximum atomic E-state index is 11.7. The fourth-order valence-corrected chi connectivity index (χ4v) is 2.38. The molecular weight excluding hydrogens is 310 g/mol. The van der Waals surface area contributed by atoms with Crippen molar-refractivity contribution >= 4 is 27.8 Å². The molecule has 1 saturated heterocycles. The quantitative estimate of drug-likeness (QED) is 0.888. The van der Waals surface area contributed by atoms with Crippen molar-refractivity contribution in [2.45, 2.75) is 12.5 Å². The molecule has 98 valence electrons. The Morgan fingerprint density at radius 1 is 1.37 bits per heavy atom. The van der Waals surface area contributed by atoms with Crippen molar-refractivity contribution in [1.29, 1.82) is 0 Å². The van der Waals surface area contributed by atoms with Crippen molar-refractivity contribution in [3.8, 4) is 11.3 Å². The van der Waals surface area contributed by atoms with Crippen LogP contribution in [0.25, 0.3) is 11.3 Å². The summed E-state index contributed by atoms with van der Waals surface area (Å²) >= 11 is 3.39. The Kier molecular flexibility index (Phi) is 3.12. The average molecular weight is 322 g/mol. The molecule has 2 heterocycles. The van der Waals surface area contributed by atoms with Gasteiger partial charge in [-0.25, -0.2) is 4.98 Å². The third kappa shape index (κ3) is 2.41. The van der Waals surface area contributed by atoms with E-state index in [1.54, 1.807) is 6.20 Å². The summed E-state index contributed by atoms with van der Waals surface area (Å²) in [6, 6.07) is 7.81. The van der Waals surface area contributed by atoms with Gasteiger partial charge >= 0.3 is 0 Å². The van der Waals surface area contributed by atoms with E-state index in [4.69, 9.17) is 0 Å². The molecule has 19 heavy (non-hydrogen) atoms. The van der Waals surface area contributed by atoms with Gasteiger partial charge in [0.2, 0.25) is 11.9 Å². The third-order valence-electron chi connectivity index (χ3n) is 3.08. The minimum Gasteiger partial charge on any atom is -0.391 e. The van der Waals surface area contributed by atoms with Gasteiger partial charge in [-0.05, 0) is 17.7 Å². The van der Waals surface area contributed by atoms with E-state index in [9.17, 15) is 9.90 Å². The summed E-state index contributed by atoms with van der Waals surface area (Å²) in [4.78, 5) is 20.5. The normalized spacial score (nSPS) is 19.2. The van der Waals surface area contributed by atoms with Crippen LogP contribution >= 0.6 is 15.9 Å². The first-order chi connectivity index (χ1) is 9.13. The van der Waals surface area contributed by atoms with E-state index < -0.39 is 6.10 Å². The molecule has 3 rings (SSSR count). The first kappa shape index (κ1) is 12.4. The number of nitrogens with zero attached hydrogens (tertiary/aromatic N) is 2. The number of carbonyl (C=O) groups excluding carboxylic acids is 1. The molecule has 1 aliphatic rings. The van der Waals surface area contributed by atoms with Crippen LogP contribution < -0.4 is 4.90 Å². The van der Waals surface area contributed by atoms with Crippen molar-refractivity contribution in [3.05, 3.63) is 34.9 Å². The molecule has 2 N–H and O–H groups in total. The molecule has 0 saturated carbocycles. The van der Waals surface area contributed by atoms with Crippen LogP contribution in [0.5, 0.6) is 0 Å². The van der Waals surface area contributed by atoms with Gasteiger partial charge < -0.3 is 10.1 Å². The van der Waals surface area contributed by atoms with Crippen LogP contribution in [0.3, 0.4) is 0 Å². The number of anilines is 1. The lowest BCUT2D eigenvalue weighted by Gasteiger charge is -2.11. The van der Waals surface area contributed by atoms with Crippen molar-refractivity contribution in [2.75, 3.05) is 11.4 Å². The summed E-state index contributed by atoms with van der Waals surface area (Å²) in [7, 11) is 0. The summed E-state index contributed by atoms with van der Waals surface area (Å²) in [5.41, 5.74) is 1.84. The number of halogens is 1. The number of aliphatic hydroxyl groups is 1.